The monoisotopic (exact) mass is 403 g/mol. The molecule has 1 heterocycles. The number of likely N-dealkylation sites (tertiary alicyclic amines) is 1. The van der Waals surface area contributed by atoms with Gasteiger partial charge in [-0.25, -0.2) is 0 Å². The minimum Gasteiger partial charge on any atom is -0.493 e. The summed E-state index contributed by atoms with van der Waals surface area (Å²) in [5.41, 5.74) is 2.39. The van der Waals surface area contributed by atoms with E-state index in [0.29, 0.717) is 6.61 Å². The standard InChI is InChI=1S/C21H26BrNO2/c1-16-7-6-12-23(13-16)14-18-10-11-19(24-2)21(20(18)22)25-15-17-8-4-3-5-9-17/h3-5,8-11,16H,6-7,12-15H2,1-2H3. The Balaban J connectivity index is 1.76. The zero-order valence-corrected chi connectivity index (χ0v) is 16.6. The normalized spacial score (nSPS) is 18.1. The number of nitrogens with zero attached hydrogens (tertiary/aromatic N) is 1. The Hall–Kier alpha value is -1.52. The highest BCUT2D eigenvalue weighted by Crippen LogP contribution is 2.39. The number of piperidine rings is 1. The summed E-state index contributed by atoms with van der Waals surface area (Å²) in [5, 5.41) is 0. The molecule has 0 aliphatic carbocycles. The number of rotatable bonds is 6. The molecule has 4 heteroatoms. The Labute approximate surface area is 159 Å². The zero-order chi connectivity index (χ0) is 17.6. The first-order valence-corrected chi connectivity index (χ1v) is 9.71. The van der Waals surface area contributed by atoms with Crippen LogP contribution in [0.4, 0.5) is 0 Å². The van der Waals surface area contributed by atoms with Gasteiger partial charge in [-0.1, -0.05) is 43.3 Å². The molecule has 2 aromatic carbocycles. The molecule has 134 valence electrons. The molecule has 1 atom stereocenters. The average molecular weight is 404 g/mol. The molecule has 3 rings (SSSR count). The highest BCUT2D eigenvalue weighted by atomic mass is 79.9. The third-order valence-corrected chi connectivity index (χ3v) is 5.59. The molecule has 2 aromatic rings. The second-order valence-corrected chi connectivity index (χ2v) is 7.62. The van der Waals surface area contributed by atoms with Crippen LogP contribution < -0.4 is 9.47 Å². The number of hydrogen-bond acceptors (Lipinski definition) is 3. The summed E-state index contributed by atoms with van der Waals surface area (Å²) < 4.78 is 12.6. The zero-order valence-electron chi connectivity index (χ0n) is 15.0. The maximum Gasteiger partial charge on any atom is 0.176 e. The van der Waals surface area contributed by atoms with Gasteiger partial charge in [0.05, 0.1) is 11.6 Å². The average Bonchev–Trinajstić information content (AvgIpc) is 2.63. The Bertz CT molecular complexity index is 690. The lowest BCUT2D eigenvalue weighted by Crippen LogP contribution is -2.33. The van der Waals surface area contributed by atoms with Crippen LogP contribution in [0.3, 0.4) is 0 Å². The van der Waals surface area contributed by atoms with Gasteiger partial charge < -0.3 is 9.47 Å². The van der Waals surface area contributed by atoms with Crippen LogP contribution in [-0.2, 0) is 13.2 Å². The smallest absolute Gasteiger partial charge is 0.176 e. The maximum atomic E-state index is 6.11. The van der Waals surface area contributed by atoms with E-state index in [-0.39, 0.29) is 0 Å². The van der Waals surface area contributed by atoms with Crippen LogP contribution in [0.25, 0.3) is 0 Å². The van der Waals surface area contributed by atoms with Crippen molar-refractivity contribution in [2.75, 3.05) is 20.2 Å². The molecule has 0 amide bonds. The van der Waals surface area contributed by atoms with Crippen molar-refractivity contribution in [1.29, 1.82) is 0 Å². The van der Waals surface area contributed by atoms with Crippen molar-refractivity contribution in [3.8, 4) is 11.5 Å². The van der Waals surface area contributed by atoms with Crippen molar-refractivity contribution in [2.24, 2.45) is 5.92 Å². The fourth-order valence-electron chi connectivity index (χ4n) is 3.40. The van der Waals surface area contributed by atoms with Crippen LogP contribution in [0.5, 0.6) is 11.5 Å². The number of halogens is 1. The number of ether oxygens (including phenoxy) is 2. The van der Waals surface area contributed by atoms with Crippen molar-refractivity contribution in [3.05, 3.63) is 58.1 Å². The first-order chi connectivity index (χ1) is 12.2. The van der Waals surface area contributed by atoms with Gasteiger partial charge in [-0.15, -0.1) is 0 Å². The molecule has 0 aromatic heterocycles. The van der Waals surface area contributed by atoms with Gasteiger partial charge in [0.2, 0.25) is 0 Å². The van der Waals surface area contributed by atoms with Gasteiger partial charge >= 0.3 is 0 Å². The number of methoxy groups -OCH3 is 1. The Morgan fingerprint density at radius 1 is 1.16 bits per heavy atom. The number of hydrogen-bond donors (Lipinski definition) is 0. The summed E-state index contributed by atoms with van der Waals surface area (Å²) >= 11 is 3.76. The topological polar surface area (TPSA) is 21.7 Å². The fraction of sp³-hybridized carbons (Fsp3) is 0.429. The molecular weight excluding hydrogens is 378 g/mol. The van der Waals surface area contributed by atoms with Crippen molar-refractivity contribution in [1.82, 2.24) is 4.90 Å². The summed E-state index contributed by atoms with van der Waals surface area (Å²) in [6, 6.07) is 14.3. The van der Waals surface area contributed by atoms with Crippen molar-refractivity contribution >= 4 is 15.9 Å². The molecule has 0 bridgehead atoms. The molecular formula is C21H26BrNO2. The lowest BCUT2D eigenvalue weighted by molar-refractivity contribution is 0.176. The Kier molecular flexibility index (Phi) is 6.38. The fourth-order valence-corrected chi connectivity index (χ4v) is 3.96. The van der Waals surface area contributed by atoms with Gasteiger partial charge in [-0.3, -0.25) is 4.90 Å². The maximum absolute atomic E-state index is 6.11. The molecule has 1 fully saturated rings. The quantitative estimate of drug-likeness (QED) is 0.655. The van der Waals surface area contributed by atoms with E-state index in [2.05, 4.69) is 46.0 Å². The van der Waals surface area contributed by atoms with E-state index in [9.17, 15) is 0 Å². The Morgan fingerprint density at radius 2 is 1.96 bits per heavy atom. The van der Waals surface area contributed by atoms with Gasteiger partial charge in [0.25, 0.3) is 0 Å². The molecule has 1 saturated heterocycles. The van der Waals surface area contributed by atoms with Crippen molar-refractivity contribution in [3.63, 3.8) is 0 Å². The van der Waals surface area contributed by atoms with Gasteiger partial charge in [0, 0.05) is 13.1 Å². The Morgan fingerprint density at radius 3 is 2.68 bits per heavy atom. The van der Waals surface area contributed by atoms with Crippen LogP contribution in [-0.4, -0.2) is 25.1 Å². The van der Waals surface area contributed by atoms with Gasteiger partial charge in [-0.05, 0) is 58.4 Å². The van der Waals surface area contributed by atoms with Crippen LogP contribution in [0.1, 0.15) is 30.9 Å². The second-order valence-electron chi connectivity index (χ2n) is 6.83. The van der Waals surface area contributed by atoms with Gasteiger partial charge in [0.15, 0.2) is 11.5 Å². The van der Waals surface area contributed by atoms with Crippen molar-refractivity contribution < 1.29 is 9.47 Å². The van der Waals surface area contributed by atoms with Crippen LogP contribution in [0, 0.1) is 5.92 Å². The minimum absolute atomic E-state index is 0.528. The molecule has 25 heavy (non-hydrogen) atoms. The highest BCUT2D eigenvalue weighted by molar-refractivity contribution is 9.10. The summed E-state index contributed by atoms with van der Waals surface area (Å²) in [6.07, 6.45) is 2.62. The molecule has 0 N–H and O–H groups in total. The van der Waals surface area contributed by atoms with E-state index in [1.54, 1.807) is 7.11 Å². The van der Waals surface area contributed by atoms with Crippen LogP contribution in [0.15, 0.2) is 46.9 Å². The molecule has 1 unspecified atom stereocenters. The van der Waals surface area contributed by atoms with E-state index in [0.717, 1.165) is 34.0 Å². The van der Waals surface area contributed by atoms with Gasteiger partial charge in [-0.2, -0.15) is 0 Å². The van der Waals surface area contributed by atoms with E-state index in [4.69, 9.17) is 9.47 Å². The summed E-state index contributed by atoms with van der Waals surface area (Å²) in [7, 11) is 1.68. The number of benzene rings is 2. The lowest BCUT2D eigenvalue weighted by atomic mass is 10.00. The molecule has 1 aliphatic heterocycles. The minimum atomic E-state index is 0.528. The summed E-state index contributed by atoms with van der Waals surface area (Å²) in [4.78, 5) is 2.53. The summed E-state index contributed by atoms with van der Waals surface area (Å²) in [6.45, 7) is 6.14. The molecule has 0 saturated carbocycles. The third-order valence-electron chi connectivity index (χ3n) is 4.72. The molecule has 0 radical (unpaired) electrons. The molecule has 3 nitrogen and oxygen atoms in total. The third kappa shape index (κ3) is 4.77. The molecule has 0 spiro atoms. The van der Waals surface area contributed by atoms with Crippen LogP contribution >= 0.6 is 15.9 Å². The SMILES string of the molecule is COc1ccc(CN2CCCC(C)C2)c(Br)c1OCc1ccccc1. The lowest BCUT2D eigenvalue weighted by Gasteiger charge is -2.31. The molecule has 1 aliphatic rings. The van der Waals surface area contributed by atoms with Crippen molar-refractivity contribution in [2.45, 2.75) is 32.9 Å². The van der Waals surface area contributed by atoms with E-state index in [1.807, 2.05) is 24.3 Å². The summed E-state index contributed by atoms with van der Waals surface area (Å²) in [5.74, 6) is 2.33. The largest absolute Gasteiger partial charge is 0.493 e. The predicted molar refractivity (Wildman–Crippen MR) is 105 cm³/mol. The first kappa shape index (κ1) is 18.3. The van der Waals surface area contributed by atoms with Gasteiger partial charge in [0.1, 0.15) is 6.61 Å². The predicted octanol–water partition coefficient (Wildman–Crippen LogP) is 5.27. The first-order valence-electron chi connectivity index (χ1n) is 8.92. The van der Waals surface area contributed by atoms with E-state index < -0.39 is 0 Å². The van der Waals surface area contributed by atoms with E-state index in [1.165, 1.54) is 31.5 Å². The second kappa shape index (κ2) is 8.72. The van der Waals surface area contributed by atoms with Crippen LogP contribution in [0.2, 0.25) is 0 Å². The van der Waals surface area contributed by atoms with E-state index >= 15 is 0 Å². The highest BCUT2D eigenvalue weighted by Gasteiger charge is 2.20.